The smallest absolute Gasteiger partial charge is 0.410 e. The summed E-state index contributed by atoms with van der Waals surface area (Å²) in [5.74, 6) is 0. The highest BCUT2D eigenvalue weighted by molar-refractivity contribution is 5.92. The Labute approximate surface area is 159 Å². The molecule has 5 heteroatoms. The summed E-state index contributed by atoms with van der Waals surface area (Å²) < 4.78 is 5.60. The number of aromatic nitrogens is 2. The SMILES string of the molecule is CC(C)(C)OC(=O)N1CCC[C@H]1c1cc2ccnc(-c3ccccc3)c2[nH]1. The third-order valence-corrected chi connectivity index (χ3v) is 4.85. The van der Waals surface area contributed by atoms with E-state index in [1.54, 1.807) is 0 Å². The van der Waals surface area contributed by atoms with Crippen LogP contribution in [0, 0.1) is 0 Å². The third kappa shape index (κ3) is 3.54. The number of carbonyl (C=O) groups excluding carboxylic acids is 1. The number of nitrogens with one attached hydrogen (secondary N) is 1. The predicted molar refractivity (Wildman–Crippen MR) is 106 cm³/mol. The standard InChI is InChI=1S/C22H25N3O2/c1-22(2,3)27-21(26)25-13-7-10-18(25)17-14-16-11-12-23-19(20(16)24-17)15-8-5-4-6-9-15/h4-6,8-9,11-12,14,18,24H,7,10,13H2,1-3H3/t18-/m0/s1. The molecule has 1 atom stereocenters. The van der Waals surface area contributed by atoms with Gasteiger partial charge in [0.25, 0.3) is 0 Å². The average molecular weight is 363 g/mol. The van der Waals surface area contributed by atoms with Gasteiger partial charge in [-0.2, -0.15) is 0 Å². The van der Waals surface area contributed by atoms with Crippen molar-refractivity contribution in [3.05, 3.63) is 54.4 Å². The van der Waals surface area contributed by atoms with E-state index >= 15 is 0 Å². The molecule has 0 unspecified atom stereocenters. The molecule has 0 bridgehead atoms. The van der Waals surface area contributed by atoms with E-state index in [0.29, 0.717) is 0 Å². The number of hydrogen-bond donors (Lipinski definition) is 1. The molecule has 0 radical (unpaired) electrons. The molecule has 140 valence electrons. The minimum atomic E-state index is -0.491. The van der Waals surface area contributed by atoms with E-state index in [1.807, 2.05) is 56.1 Å². The molecule has 2 aromatic heterocycles. The van der Waals surface area contributed by atoms with Crippen LogP contribution in [0.15, 0.2) is 48.7 Å². The zero-order valence-corrected chi connectivity index (χ0v) is 16.0. The topological polar surface area (TPSA) is 58.2 Å². The van der Waals surface area contributed by atoms with E-state index in [2.05, 4.69) is 28.2 Å². The predicted octanol–water partition coefficient (Wildman–Crippen LogP) is 5.30. The summed E-state index contributed by atoms with van der Waals surface area (Å²) in [5, 5.41) is 1.11. The van der Waals surface area contributed by atoms with Gasteiger partial charge in [-0.15, -0.1) is 0 Å². The van der Waals surface area contributed by atoms with Crippen LogP contribution in [0.3, 0.4) is 0 Å². The minimum Gasteiger partial charge on any atom is -0.444 e. The van der Waals surface area contributed by atoms with Crippen molar-refractivity contribution in [2.24, 2.45) is 0 Å². The molecule has 1 saturated heterocycles. The molecule has 1 aliphatic heterocycles. The molecule has 1 aromatic carbocycles. The summed E-state index contributed by atoms with van der Waals surface area (Å²) in [4.78, 5) is 22.6. The zero-order chi connectivity index (χ0) is 19.0. The Hall–Kier alpha value is -2.82. The highest BCUT2D eigenvalue weighted by atomic mass is 16.6. The maximum Gasteiger partial charge on any atom is 0.410 e. The molecule has 3 aromatic rings. The van der Waals surface area contributed by atoms with Crippen molar-refractivity contribution >= 4 is 17.0 Å². The molecule has 3 heterocycles. The van der Waals surface area contributed by atoms with Gasteiger partial charge in [0.05, 0.1) is 17.3 Å². The fraction of sp³-hybridized carbons (Fsp3) is 0.364. The van der Waals surface area contributed by atoms with Crippen LogP contribution < -0.4 is 0 Å². The molecule has 0 saturated carbocycles. The van der Waals surface area contributed by atoms with E-state index in [1.165, 1.54) is 0 Å². The van der Waals surface area contributed by atoms with Crippen LogP contribution in [-0.4, -0.2) is 33.1 Å². The van der Waals surface area contributed by atoms with Gasteiger partial charge >= 0.3 is 6.09 Å². The number of hydrogen-bond acceptors (Lipinski definition) is 3. The molecule has 0 aliphatic carbocycles. The summed E-state index contributed by atoms with van der Waals surface area (Å²) in [6.07, 6.45) is 3.50. The largest absolute Gasteiger partial charge is 0.444 e. The van der Waals surface area contributed by atoms with Crippen LogP contribution in [0.25, 0.3) is 22.2 Å². The second kappa shape index (κ2) is 6.72. The Kier molecular flexibility index (Phi) is 4.38. The Morgan fingerprint density at radius 2 is 2.00 bits per heavy atom. The van der Waals surface area contributed by atoms with E-state index in [4.69, 9.17) is 4.74 Å². The van der Waals surface area contributed by atoms with Crippen molar-refractivity contribution in [3.8, 4) is 11.3 Å². The Balaban J connectivity index is 1.69. The lowest BCUT2D eigenvalue weighted by Gasteiger charge is -2.28. The van der Waals surface area contributed by atoms with Crippen LogP contribution in [-0.2, 0) is 4.74 Å². The molecule has 4 rings (SSSR count). The molecular formula is C22H25N3O2. The van der Waals surface area contributed by atoms with Crippen LogP contribution in [0.2, 0.25) is 0 Å². The van der Waals surface area contributed by atoms with E-state index < -0.39 is 5.60 Å². The van der Waals surface area contributed by atoms with E-state index in [-0.39, 0.29) is 12.1 Å². The number of H-pyrrole nitrogens is 1. The first-order valence-electron chi connectivity index (χ1n) is 9.45. The van der Waals surface area contributed by atoms with Gasteiger partial charge in [0.15, 0.2) is 0 Å². The maximum absolute atomic E-state index is 12.6. The number of amides is 1. The molecule has 27 heavy (non-hydrogen) atoms. The average Bonchev–Trinajstić information content (AvgIpc) is 3.27. The van der Waals surface area contributed by atoms with Crippen LogP contribution >= 0.6 is 0 Å². The van der Waals surface area contributed by atoms with Gasteiger partial charge < -0.3 is 9.72 Å². The van der Waals surface area contributed by atoms with Crippen molar-refractivity contribution < 1.29 is 9.53 Å². The van der Waals surface area contributed by atoms with Gasteiger partial charge in [-0.3, -0.25) is 9.88 Å². The number of nitrogens with zero attached hydrogens (tertiary/aromatic N) is 2. The fourth-order valence-electron chi connectivity index (χ4n) is 3.70. The lowest BCUT2D eigenvalue weighted by atomic mass is 10.1. The molecule has 1 fully saturated rings. The van der Waals surface area contributed by atoms with E-state index in [0.717, 1.165) is 47.2 Å². The number of carbonyl (C=O) groups is 1. The van der Waals surface area contributed by atoms with Gasteiger partial charge in [-0.1, -0.05) is 30.3 Å². The van der Waals surface area contributed by atoms with Gasteiger partial charge in [-0.25, -0.2) is 4.79 Å². The van der Waals surface area contributed by atoms with Crippen molar-refractivity contribution in [1.29, 1.82) is 0 Å². The first-order chi connectivity index (χ1) is 12.9. The Morgan fingerprint density at radius 3 is 2.74 bits per heavy atom. The van der Waals surface area contributed by atoms with Crippen molar-refractivity contribution in [2.75, 3.05) is 6.54 Å². The molecule has 0 spiro atoms. The third-order valence-electron chi connectivity index (χ3n) is 4.85. The molecule has 1 aliphatic rings. The number of rotatable bonds is 2. The lowest BCUT2D eigenvalue weighted by Crippen LogP contribution is -2.36. The van der Waals surface area contributed by atoms with Crippen LogP contribution in [0.4, 0.5) is 4.79 Å². The molecule has 1 N–H and O–H groups in total. The first kappa shape index (κ1) is 17.6. The van der Waals surface area contributed by atoms with Gasteiger partial charge in [0.2, 0.25) is 0 Å². The molecule has 1 amide bonds. The number of pyridine rings is 1. The van der Waals surface area contributed by atoms with Crippen LogP contribution in [0.5, 0.6) is 0 Å². The number of benzene rings is 1. The van der Waals surface area contributed by atoms with E-state index in [9.17, 15) is 4.79 Å². The highest BCUT2D eigenvalue weighted by Gasteiger charge is 2.34. The van der Waals surface area contributed by atoms with Gasteiger partial charge in [-0.05, 0) is 45.7 Å². The molecule has 5 nitrogen and oxygen atoms in total. The summed E-state index contributed by atoms with van der Waals surface area (Å²) in [6, 6.07) is 14.3. The number of fused-ring (bicyclic) bond motifs is 1. The summed E-state index contributed by atoms with van der Waals surface area (Å²) in [5.41, 5.74) is 3.57. The maximum atomic E-state index is 12.6. The van der Waals surface area contributed by atoms with Crippen molar-refractivity contribution in [3.63, 3.8) is 0 Å². The fourth-order valence-corrected chi connectivity index (χ4v) is 3.70. The van der Waals surface area contributed by atoms with Gasteiger partial charge in [0.1, 0.15) is 5.60 Å². The number of likely N-dealkylation sites (tertiary alicyclic amines) is 1. The summed E-state index contributed by atoms with van der Waals surface area (Å²) in [7, 11) is 0. The monoisotopic (exact) mass is 363 g/mol. The number of aromatic amines is 1. The highest BCUT2D eigenvalue weighted by Crippen LogP contribution is 2.36. The summed E-state index contributed by atoms with van der Waals surface area (Å²) >= 11 is 0. The van der Waals surface area contributed by atoms with Crippen LogP contribution in [0.1, 0.15) is 45.3 Å². The zero-order valence-electron chi connectivity index (χ0n) is 16.0. The first-order valence-corrected chi connectivity index (χ1v) is 9.45. The minimum absolute atomic E-state index is 0.0101. The van der Waals surface area contributed by atoms with Crippen molar-refractivity contribution in [1.82, 2.24) is 14.9 Å². The second-order valence-corrected chi connectivity index (χ2v) is 8.05. The Morgan fingerprint density at radius 1 is 1.22 bits per heavy atom. The Bertz CT molecular complexity index is 957. The number of ether oxygens (including phenoxy) is 1. The van der Waals surface area contributed by atoms with Gasteiger partial charge in [0, 0.05) is 29.4 Å². The second-order valence-electron chi connectivity index (χ2n) is 8.05. The normalized spacial score (nSPS) is 17.4. The van der Waals surface area contributed by atoms with Crippen molar-refractivity contribution in [2.45, 2.75) is 45.3 Å². The molecular weight excluding hydrogens is 338 g/mol. The summed E-state index contributed by atoms with van der Waals surface area (Å²) in [6.45, 7) is 6.42. The quantitative estimate of drug-likeness (QED) is 0.672. The lowest BCUT2D eigenvalue weighted by molar-refractivity contribution is 0.0222.